The van der Waals surface area contributed by atoms with E-state index in [2.05, 4.69) is 13.0 Å². The topological polar surface area (TPSA) is 20.2 Å². The van der Waals surface area contributed by atoms with Gasteiger partial charge in [0.1, 0.15) is 5.75 Å². The van der Waals surface area contributed by atoms with Gasteiger partial charge in [0.05, 0.1) is 10.0 Å². The molecule has 2 rings (SSSR count). The minimum atomic E-state index is 0.00530. The van der Waals surface area contributed by atoms with Gasteiger partial charge in [-0.15, -0.1) is 0 Å². The Balaban J connectivity index is 2.69. The highest BCUT2D eigenvalue weighted by molar-refractivity contribution is 6.36. The zero-order chi connectivity index (χ0) is 12.6. The van der Waals surface area contributed by atoms with Crippen LogP contribution in [-0.4, -0.2) is 5.11 Å². The monoisotopic (exact) mass is 266 g/mol. The fourth-order valence-corrected chi connectivity index (χ4v) is 2.21. The molecule has 0 atom stereocenters. The Hall–Kier alpha value is -1.18. The van der Waals surface area contributed by atoms with Crippen LogP contribution in [0, 0.1) is 13.8 Å². The van der Waals surface area contributed by atoms with E-state index in [0.29, 0.717) is 10.0 Å². The highest BCUT2D eigenvalue weighted by Gasteiger charge is 2.11. The number of phenols is 1. The van der Waals surface area contributed by atoms with Crippen LogP contribution in [0.3, 0.4) is 0 Å². The van der Waals surface area contributed by atoms with Crippen LogP contribution in [0.1, 0.15) is 11.1 Å². The minimum absolute atomic E-state index is 0.00530. The van der Waals surface area contributed by atoms with Crippen LogP contribution in [0.5, 0.6) is 5.75 Å². The fraction of sp³-hybridized carbons (Fsp3) is 0.143. The van der Waals surface area contributed by atoms with Gasteiger partial charge in [0.2, 0.25) is 0 Å². The number of hydrogen-bond acceptors (Lipinski definition) is 1. The molecule has 0 aliphatic rings. The predicted molar refractivity (Wildman–Crippen MR) is 73.0 cm³/mol. The lowest BCUT2D eigenvalue weighted by Gasteiger charge is -2.11. The van der Waals surface area contributed by atoms with Crippen LogP contribution in [0.25, 0.3) is 11.1 Å². The third-order valence-corrected chi connectivity index (χ3v) is 3.55. The van der Waals surface area contributed by atoms with Gasteiger partial charge in [-0.25, -0.2) is 0 Å². The number of halogens is 2. The molecule has 0 aliphatic carbocycles. The van der Waals surface area contributed by atoms with Crippen molar-refractivity contribution in [2.75, 3.05) is 0 Å². The Morgan fingerprint density at radius 1 is 0.941 bits per heavy atom. The molecule has 0 unspecified atom stereocenters. The van der Waals surface area contributed by atoms with E-state index in [9.17, 15) is 5.11 Å². The maximum absolute atomic E-state index is 9.48. The normalized spacial score (nSPS) is 10.6. The number of benzene rings is 2. The third kappa shape index (κ3) is 2.26. The molecule has 2 aromatic carbocycles. The summed E-state index contributed by atoms with van der Waals surface area (Å²) >= 11 is 12.1. The van der Waals surface area contributed by atoms with E-state index in [1.54, 1.807) is 6.07 Å². The van der Waals surface area contributed by atoms with Crippen molar-refractivity contribution in [2.24, 2.45) is 0 Å². The van der Waals surface area contributed by atoms with Crippen LogP contribution in [0.4, 0.5) is 0 Å². The van der Waals surface area contributed by atoms with Crippen molar-refractivity contribution in [1.29, 1.82) is 0 Å². The van der Waals surface area contributed by atoms with Gasteiger partial charge >= 0.3 is 0 Å². The maximum atomic E-state index is 9.48. The Bertz CT molecular complexity index is 577. The summed E-state index contributed by atoms with van der Waals surface area (Å²) in [5, 5.41) is 10.3. The first-order valence-corrected chi connectivity index (χ1v) is 6.01. The van der Waals surface area contributed by atoms with E-state index in [-0.39, 0.29) is 5.75 Å². The zero-order valence-corrected chi connectivity index (χ0v) is 11.1. The van der Waals surface area contributed by atoms with Gasteiger partial charge in [-0.2, -0.15) is 0 Å². The molecule has 0 saturated carbocycles. The van der Waals surface area contributed by atoms with Gasteiger partial charge in [0.15, 0.2) is 0 Å². The van der Waals surface area contributed by atoms with Crippen molar-refractivity contribution in [3.05, 3.63) is 51.5 Å². The summed E-state index contributed by atoms with van der Waals surface area (Å²) in [6, 6.07) is 9.20. The van der Waals surface area contributed by atoms with E-state index in [0.717, 1.165) is 16.7 Å². The van der Waals surface area contributed by atoms with Gasteiger partial charge in [-0.3, -0.25) is 0 Å². The average molecular weight is 267 g/mol. The molecule has 0 radical (unpaired) electrons. The molecule has 17 heavy (non-hydrogen) atoms. The second kappa shape index (κ2) is 4.59. The lowest BCUT2D eigenvalue weighted by Crippen LogP contribution is -1.88. The first kappa shape index (κ1) is 12.3. The van der Waals surface area contributed by atoms with Gasteiger partial charge in [0.25, 0.3) is 0 Å². The van der Waals surface area contributed by atoms with E-state index in [4.69, 9.17) is 23.2 Å². The largest absolute Gasteiger partial charge is 0.506 e. The summed E-state index contributed by atoms with van der Waals surface area (Å²) in [5.74, 6) is 0.00530. The Morgan fingerprint density at radius 2 is 1.65 bits per heavy atom. The SMILES string of the molecule is Cc1cccc(-c2cc(Cl)c(O)cc2Cl)c1C. The average Bonchev–Trinajstić information content (AvgIpc) is 2.28. The van der Waals surface area contributed by atoms with E-state index in [1.165, 1.54) is 11.6 Å². The van der Waals surface area contributed by atoms with E-state index >= 15 is 0 Å². The molecule has 0 aliphatic heterocycles. The second-order valence-electron chi connectivity index (χ2n) is 4.03. The lowest BCUT2D eigenvalue weighted by atomic mass is 9.97. The predicted octanol–water partition coefficient (Wildman–Crippen LogP) is 4.98. The summed E-state index contributed by atoms with van der Waals surface area (Å²) in [6.45, 7) is 4.09. The molecule has 88 valence electrons. The first-order chi connectivity index (χ1) is 8.00. The maximum Gasteiger partial charge on any atom is 0.135 e. The number of phenolic OH excluding ortho intramolecular Hbond substituents is 1. The smallest absolute Gasteiger partial charge is 0.135 e. The molecular formula is C14H12Cl2O. The Morgan fingerprint density at radius 3 is 2.35 bits per heavy atom. The third-order valence-electron chi connectivity index (χ3n) is 2.93. The molecule has 0 saturated heterocycles. The van der Waals surface area contributed by atoms with Gasteiger partial charge in [-0.05, 0) is 36.6 Å². The lowest BCUT2D eigenvalue weighted by molar-refractivity contribution is 0.475. The van der Waals surface area contributed by atoms with E-state index < -0.39 is 0 Å². The molecular weight excluding hydrogens is 255 g/mol. The summed E-state index contributed by atoms with van der Waals surface area (Å²) in [6.07, 6.45) is 0. The minimum Gasteiger partial charge on any atom is -0.506 e. The number of rotatable bonds is 1. The van der Waals surface area contributed by atoms with Crippen molar-refractivity contribution in [2.45, 2.75) is 13.8 Å². The van der Waals surface area contributed by atoms with Crippen molar-refractivity contribution >= 4 is 23.2 Å². The Labute approximate surface area is 111 Å². The van der Waals surface area contributed by atoms with Crippen molar-refractivity contribution in [3.63, 3.8) is 0 Å². The van der Waals surface area contributed by atoms with Gasteiger partial charge in [0, 0.05) is 11.6 Å². The van der Waals surface area contributed by atoms with Crippen LogP contribution < -0.4 is 0 Å². The first-order valence-electron chi connectivity index (χ1n) is 5.25. The van der Waals surface area contributed by atoms with Crippen LogP contribution in [-0.2, 0) is 0 Å². The molecule has 0 aromatic heterocycles. The molecule has 1 nitrogen and oxygen atoms in total. The van der Waals surface area contributed by atoms with Gasteiger partial charge in [-0.1, -0.05) is 41.4 Å². The number of hydrogen-bond donors (Lipinski definition) is 1. The van der Waals surface area contributed by atoms with Crippen LogP contribution in [0.15, 0.2) is 30.3 Å². The highest BCUT2D eigenvalue weighted by atomic mass is 35.5. The second-order valence-corrected chi connectivity index (χ2v) is 4.85. The molecule has 0 spiro atoms. The summed E-state index contributed by atoms with van der Waals surface area (Å²) in [5.41, 5.74) is 4.24. The number of aryl methyl sites for hydroxylation is 1. The van der Waals surface area contributed by atoms with Crippen LogP contribution >= 0.6 is 23.2 Å². The summed E-state index contributed by atoms with van der Waals surface area (Å²) in [7, 11) is 0. The molecule has 1 N–H and O–H groups in total. The van der Waals surface area contributed by atoms with Crippen molar-refractivity contribution in [1.82, 2.24) is 0 Å². The van der Waals surface area contributed by atoms with Gasteiger partial charge < -0.3 is 5.11 Å². The fourth-order valence-electron chi connectivity index (χ4n) is 1.79. The number of aromatic hydroxyl groups is 1. The standard InChI is InChI=1S/C14H12Cl2O/c1-8-4-3-5-10(9(8)2)11-6-13(16)14(17)7-12(11)15/h3-7,17H,1-2H3. The summed E-state index contributed by atoms with van der Waals surface area (Å²) in [4.78, 5) is 0. The zero-order valence-electron chi connectivity index (χ0n) is 9.59. The highest BCUT2D eigenvalue weighted by Crippen LogP contribution is 2.37. The molecule has 0 fully saturated rings. The van der Waals surface area contributed by atoms with Crippen LogP contribution in [0.2, 0.25) is 10.0 Å². The molecule has 3 heteroatoms. The Kier molecular flexibility index (Phi) is 3.32. The van der Waals surface area contributed by atoms with E-state index in [1.807, 2.05) is 19.1 Å². The molecule has 0 bridgehead atoms. The molecule has 0 heterocycles. The molecule has 2 aromatic rings. The summed E-state index contributed by atoms with van der Waals surface area (Å²) < 4.78 is 0. The van der Waals surface area contributed by atoms with Crippen molar-refractivity contribution in [3.8, 4) is 16.9 Å². The quantitative estimate of drug-likeness (QED) is 0.772. The molecule has 0 amide bonds. The van der Waals surface area contributed by atoms with Crippen molar-refractivity contribution < 1.29 is 5.11 Å².